The standard InChI is InChI=1S/C17H13.C11H17.C3H6.2ClH.Zr/c1-3-12-5-7-14-11-15-8-6-13(4-2)10-17(15)16(14)9-12;1-5-9-6-7-10(8-9)11(2,3)4;1-3-2;;;/h3-7,9-10H,1-2,11H2;7-9H,5H2,1-4H3;1-2H3;2*1H;/q2*-1;;;;+2/p-2. The second kappa shape index (κ2) is 15.0. The van der Waals surface area contributed by atoms with Gasteiger partial charge in [-0.05, 0) is 12.0 Å². The predicted octanol–water partition coefficient (Wildman–Crippen LogP) is 2.46. The Balaban J connectivity index is 0.000000560. The average molecular weight is 571 g/mol. The van der Waals surface area contributed by atoms with E-state index in [1.807, 2.05) is 18.2 Å². The molecule has 1 atom stereocenters. The molecule has 0 spiro atoms. The van der Waals surface area contributed by atoms with Crippen LogP contribution >= 0.6 is 0 Å². The van der Waals surface area contributed by atoms with Crippen molar-refractivity contribution in [3.63, 3.8) is 0 Å². The molecule has 34 heavy (non-hydrogen) atoms. The van der Waals surface area contributed by atoms with E-state index < -0.39 is 0 Å². The van der Waals surface area contributed by atoms with Gasteiger partial charge in [0.05, 0.1) is 0 Å². The Morgan fingerprint density at radius 3 is 2.12 bits per heavy atom. The number of rotatable bonds is 3. The number of hydrogen-bond acceptors (Lipinski definition) is 0. The minimum Gasteiger partial charge on any atom is -1.00 e. The third-order valence-electron chi connectivity index (χ3n) is 5.45. The molecule has 0 saturated heterocycles. The summed E-state index contributed by atoms with van der Waals surface area (Å²) in [5.41, 5.74) is 9.30. The third kappa shape index (κ3) is 9.41. The van der Waals surface area contributed by atoms with Crippen LogP contribution in [0.3, 0.4) is 0 Å². The molecule has 2 aromatic carbocycles. The van der Waals surface area contributed by atoms with Gasteiger partial charge in [-0.15, -0.1) is 23.8 Å². The topological polar surface area (TPSA) is 0 Å². The summed E-state index contributed by atoms with van der Waals surface area (Å²) < 4.78 is 1.51. The molecule has 2 aliphatic rings. The zero-order valence-corrected chi connectivity index (χ0v) is 25.3. The normalized spacial score (nSPS) is 14.5. The Labute approximate surface area is 235 Å². The first-order chi connectivity index (χ1) is 15.1. The minimum absolute atomic E-state index is 0. The van der Waals surface area contributed by atoms with E-state index in [1.54, 1.807) is 24.2 Å². The molecule has 0 amide bonds. The van der Waals surface area contributed by atoms with Crippen LogP contribution in [0.1, 0.15) is 70.2 Å². The van der Waals surface area contributed by atoms with E-state index in [0.717, 1.165) is 12.0 Å². The Bertz CT molecular complexity index is 992. The average Bonchev–Trinajstić information content (AvgIpc) is 3.37. The zero-order valence-electron chi connectivity index (χ0n) is 21.4. The van der Waals surface area contributed by atoms with E-state index in [0.29, 0.717) is 11.3 Å². The zero-order chi connectivity index (χ0) is 23.9. The fraction of sp³-hybridized carbons (Fsp3) is 0.323. The number of halogens is 2. The van der Waals surface area contributed by atoms with E-state index in [4.69, 9.17) is 0 Å². The van der Waals surface area contributed by atoms with Crippen molar-refractivity contribution in [1.29, 1.82) is 0 Å². The van der Waals surface area contributed by atoms with Gasteiger partial charge in [0.25, 0.3) is 0 Å². The molecule has 0 N–H and O–H groups in total. The molecule has 3 heteroatoms. The van der Waals surface area contributed by atoms with E-state index in [2.05, 4.69) is 103 Å². The maximum atomic E-state index is 3.82. The predicted molar refractivity (Wildman–Crippen MR) is 139 cm³/mol. The van der Waals surface area contributed by atoms with Crippen LogP contribution in [0, 0.1) is 23.5 Å². The van der Waals surface area contributed by atoms with Crippen molar-refractivity contribution < 1.29 is 49.0 Å². The van der Waals surface area contributed by atoms with Gasteiger partial charge in [0.2, 0.25) is 0 Å². The second-order valence-corrected chi connectivity index (χ2v) is 12.0. The van der Waals surface area contributed by atoms with E-state index >= 15 is 0 Å². The molecular weight excluding hydrogens is 534 g/mol. The van der Waals surface area contributed by atoms with Gasteiger partial charge in [-0.25, -0.2) is 6.08 Å². The van der Waals surface area contributed by atoms with Crippen molar-refractivity contribution in [2.75, 3.05) is 0 Å². The molecular formula is C31H36Cl2Zr-2. The minimum atomic E-state index is 0. The molecule has 0 radical (unpaired) electrons. The quantitative estimate of drug-likeness (QED) is 0.425. The summed E-state index contributed by atoms with van der Waals surface area (Å²) >= 11 is 1.55. The molecule has 0 nitrogen and oxygen atoms in total. The molecule has 2 aromatic rings. The van der Waals surface area contributed by atoms with E-state index in [1.165, 1.54) is 43.0 Å². The monoisotopic (exact) mass is 568 g/mol. The number of allylic oxidation sites excluding steroid dienone is 4. The Hall–Kier alpha value is -1.27. The molecule has 180 valence electrons. The summed E-state index contributed by atoms with van der Waals surface area (Å²) in [4.78, 5) is 0. The van der Waals surface area contributed by atoms with Crippen LogP contribution < -0.4 is 24.8 Å². The summed E-state index contributed by atoms with van der Waals surface area (Å²) in [5.74, 6) is 0.573. The molecule has 0 saturated carbocycles. The van der Waals surface area contributed by atoms with Crippen LogP contribution in [0.2, 0.25) is 0 Å². The largest absolute Gasteiger partial charge is 1.00 e. The SMILES string of the molecule is C=Cc1c[c-]c2c(c1)-c1cc(C=C)ccc1C2.CCC1[C-]=CC(C(C)(C)C)=C1.C[C](C)=[Zr+2].[Cl-].[Cl-]. The van der Waals surface area contributed by atoms with Crippen LogP contribution in [0.4, 0.5) is 0 Å². The second-order valence-electron chi connectivity index (χ2n) is 9.52. The summed E-state index contributed by atoms with van der Waals surface area (Å²) in [5, 5.41) is 0. The first-order valence-corrected chi connectivity index (χ1v) is 12.6. The van der Waals surface area contributed by atoms with Crippen molar-refractivity contribution in [2.24, 2.45) is 11.3 Å². The van der Waals surface area contributed by atoms with Gasteiger partial charge >= 0.3 is 41.3 Å². The third-order valence-corrected chi connectivity index (χ3v) is 5.45. The van der Waals surface area contributed by atoms with Gasteiger partial charge in [-0.2, -0.15) is 35.4 Å². The Morgan fingerprint density at radius 1 is 1.06 bits per heavy atom. The maximum absolute atomic E-state index is 3.82. The molecule has 0 aliphatic heterocycles. The first-order valence-electron chi connectivity index (χ1n) is 11.3. The fourth-order valence-electron chi connectivity index (χ4n) is 3.58. The van der Waals surface area contributed by atoms with E-state index in [9.17, 15) is 0 Å². The Morgan fingerprint density at radius 2 is 1.65 bits per heavy atom. The van der Waals surface area contributed by atoms with Crippen molar-refractivity contribution in [3.8, 4) is 11.1 Å². The summed E-state index contributed by atoms with van der Waals surface area (Å²) in [6.07, 6.45) is 13.7. The number of benzene rings is 2. The maximum Gasteiger partial charge on any atom is -1.00 e. The molecule has 2 aliphatic carbocycles. The molecule has 0 aromatic heterocycles. The summed E-state index contributed by atoms with van der Waals surface area (Å²) in [6.45, 7) is 20.8. The van der Waals surface area contributed by atoms with Gasteiger partial charge in [-0.1, -0.05) is 87.4 Å². The molecule has 0 fully saturated rings. The molecule has 0 heterocycles. The van der Waals surface area contributed by atoms with Crippen molar-refractivity contribution in [1.82, 2.24) is 0 Å². The summed E-state index contributed by atoms with van der Waals surface area (Å²) in [6, 6.07) is 14.1. The summed E-state index contributed by atoms with van der Waals surface area (Å²) in [7, 11) is 0. The fourth-order valence-corrected chi connectivity index (χ4v) is 3.58. The van der Waals surface area contributed by atoms with Crippen LogP contribution in [0.25, 0.3) is 23.3 Å². The van der Waals surface area contributed by atoms with Crippen molar-refractivity contribution in [2.45, 2.75) is 54.4 Å². The van der Waals surface area contributed by atoms with Gasteiger partial charge in [0, 0.05) is 0 Å². The van der Waals surface area contributed by atoms with Crippen LogP contribution in [-0.4, -0.2) is 3.21 Å². The van der Waals surface area contributed by atoms with Crippen molar-refractivity contribution >= 4 is 15.4 Å². The van der Waals surface area contributed by atoms with Crippen LogP contribution in [0.5, 0.6) is 0 Å². The van der Waals surface area contributed by atoms with Crippen LogP contribution in [0.15, 0.2) is 61.2 Å². The molecule has 4 rings (SSSR count). The first kappa shape index (κ1) is 32.7. The Kier molecular flexibility index (Phi) is 14.4. The molecule has 1 unspecified atom stereocenters. The van der Waals surface area contributed by atoms with Gasteiger partial charge < -0.3 is 24.8 Å². The van der Waals surface area contributed by atoms with Gasteiger partial charge in [0.1, 0.15) is 0 Å². The smallest absolute Gasteiger partial charge is 1.00 e. The van der Waals surface area contributed by atoms with Gasteiger partial charge in [-0.3, -0.25) is 6.08 Å². The number of hydrogen-bond donors (Lipinski definition) is 0. The van der Waals surface area contributed by atoms with Gasteiger partial charge in [0.15, 0.2) is 0 Å². The van der Waals surface area contributed by atoms with Crippen molar-refractivity contribution in [3.05, 3.63) is 95.6 Å². The number of fused-ring (bicyclic) bond motifs is 3. The molecule has 0 bridgehead atoms. The van der Waals surface area contributed by atoms with E-state index in [-0.39, 0.29) is 24.8 Å². The van der Waals surface area contributed by atoms with Crippen LogP contribution in [-0.2, 0) is 30.7 Å².